The summed E-state index contributed by atoms with van der Waals surface area (Å²) in [6, 6.07) is 53.0. The highest BCUT2D eigenvalue weighted by molar-refractivity contribution is 7.90. The number of pyridine rings is 4. The molecule has 42 heteroatoms. The lowest BCUT2D eigenvalue weighted by molar-refractivity contribution is 0.0930. The number of piperidine rings is 5. The van der Waals surface area contributed by atoms with Crippen LogP contribution in [-0.4, -0.2) is 209 Å². The number of sulfonamides is 5. The summed E-state index contributed by atoms with van der Waals surface area (Å²) in [5, 5.41) is 36.0. The molecule has 35 nitrogen and oxygen atoms in total. The van der Waals surface area contributed by atoms with Crippen LogP contribution in [0.3, 0.4) is 0 Å². The molecule has 0 aliphatic carbocycles. The van der Waals surface area contributed by atoms with Gasteiger partial charge in [0.05, 0.1) is 56.7 Å². The first-order valence-electron chi connectivity index (χ1n) is 46.7. The molecular formula is C99H108N20O15S7. The Morgan fingerprint density at radius 3 is 1.16 bits per heavy atom. The Kier molecular flexibility index (Phi) is 33.2. The van der Waals surface area contributed by atoms with Crippen LogP contribution >= 0.6 is 22.7 Å². The lowest BCUT2D eigenvalue weighted by Crippen LogP contribution is -2.35. The lowest BCUT2D eigenvalue weighted by atomic mass is 10.1. The summed E-state index contributed by atoms with van der Waals surface area (Å²) in [6.45, 7) is 9.01. The largest absolute Gasteiger partial charge is 0.350 e. The third-order valence-corrected chi connectivity index (χ3v) is 36.7. The van der Waals surface area contributed by atoms with E-state index in [0.29, 0.717) is 143 Å². The molecule has 5 saturated heterocycles. The first kappa shape index (κ1) is 101. The van der Waals surface area contributed by atoms with Gasteiger partial charge in [-0.2, -0.15) is 26.6 Å². The summed E-state index contributed by atoms with van der Waals surface area (Å²) < 4.78 is 138. The van der Waals surface area contributed by atoms with Crippen LogP contribution in [0.5, 0.6) is 0 Å². The molecule has 0 spiro atoms. The summed E-state index contributed by atoms with van der Waals surface area (Å²) in [7, 11) is -17.2. The van der Waals surface area contributed by atoms with E-state index in [-0.39, 0.29) is 40.5 Å². The second kappa shape index (κ2) is 46.3. The van der Waals surface area contributed by atoms with E-state index in [1.165, 1.54) is 27.2 Å². The number of aromatic amines is 2. The predicted octanol–water partition coefficient (Wildman–Crippen LogP) is 13.9. The normalized spacial score (nSPS) is 15.8. The third kappa shape index (κ3) is 25.4. The zero-order valence-electron chi connectivity index (χ0n) is 77.4. The van der Waals surface area contributed by atoms with Crippen LogP contribution in [0.4, 0.5) is 0 Å². The van der Waals surface area contributed by atoms with E-state index >= 15 is 0 Å². The molecule has 0 radical (unpaired) electrons. The number of hydrogen-bond donors (Lipinski definition) is 7. The maximum Gasteiger partial charge on any atom is 0.268 e. The van der Waals surface area contributed by atoms with E-state index in [1.807, 2.05) is 43.3 Å². The Morgan fingerprint density at radius 1 is 0.355 bits per heavy atom. The fraction of sp³-hybridized carbons (Fsp3) is 0.313. The number of nitrogens with zero attached hydrogens (tertiary/aromatic N) is 13. The Morgan fingerprint density at radius 2 is 0.730 bits per heavy atom. The fourth-order valence-corrected chi connectivity index (χ4v) is 26.3. The molecule has 5 aliphatic rings. The summed E-state index contributed by atoms with van der Waals surface area (Å²) in [6.07, 6.45) is 28.1. The smallest absolute Gasteiger partial charge is 0.268 e. The van der Waals surface area contributed by atoms with E-state index in [9.17, 15) is 66.1 Å². The van der Waals surface area contributed by atoms with Gasteiger partial charge in [0, 0.05) is 173 Å². The van der Waals surface area contributed by atoms with Crippen molar-refractivity contribution in [2.24, 2.45) is 0 Å². The van der Waals surface area contributed by atoms with Gasteiger partial charge in [-0.3, -0.25) is 44.0 Å². The quantitative estimate of drug-likeness (QED) is 0.0279. The van der Waals surface area contributed by atoms with Gasteiger partial charge in [-0.05, 0) is 242 Å². The van der Waals surface area contributed by atoms with E-state index in [0.717, 1.165) is 166 Å². The standard InChI is InChI=1S/C21H24N4O3S.C20H22N4O3S.2C20H21N3O3S2.C18H20N6O3S/c1-15(23-21(26)20-13-17-14-22-10-9-19(17)24-20)16-5-7-18(8-6-16)29(27,28)25-11-3-2-4-12-25;25-20(16-6-9-19-17(12-16)14-22-23-19)21-13-15-4-7-18(8-5-15)28(26,27)24-10-2-1-3-11-24;24-20(19-12-16-14-21-9-8-18(16)27-19)22-13-15-4-6-17(7-5-15)28(25,26)23-10-2-1-3-11-23;24-20(18-12-16-8-9-21-14-19(16)27-18)22-13-15-4-6-17(7-5-15)28(25,26)23-10-2-1-3-11-23;25-18(15-8-11-24-17(12-15)20-21-22-24)19-13-14-4-6-16(7-5-14)28(26,27)23-9-2-1-3-10-23/h5-10,13-15,24H,2-4,11-12H2,1H3,(H,23,26);4-9,12,14H,1-3,10-11,13H2,(H,21,25)(H,22,23);2*4-9,12,14H,1-3,10-11,13H2,(H,22,24);4-8,11-12H,1-3,9-10,13H2,(H,19,25). The molecule has 0 bridgehead atoms. The maximum absolute atomic E-state index is 12.8. The number of benzene rings is 6. The van der Waals surface area contributed by atoms with Crippen molar-refractivity contribution in [3.8, 4) is 0 Å². The van der Waals surface area contributed by atoms with E-state index < -0.39 is 50.1 Å². The van der Waals surface area contributed by atoms with Crippen LogP contribution in [0.2, 0.25) is 0 Å². The highest BCUT2D eigenvalue weighted by Crippen LogP contribution is 2.32. The maximum atomic E-state index is 12.8. The van der Waals surface area contributed by atoms with E-state index in [2.05, 4.69) is 72.2 Å². The van der Waals surface area contributed by atoms with Crippen LogP contribution in [0.1, 0.15) is 188 Å². The monoisotopic (exact) mass is 2040 g/mol. The highest BCUT2D eigenvalue weighted by Gasteiger charge is 2.32. The molecule has 0 saturated carbocycles. The number of hydrogen-bond acceptors (Lipinski definition) is 24. The highest BCUT2D eigenvalue weighted by atomic mass is 32.2. The molecule has 5 fully saturated rings. The predicted molar refractivity (Wildman–Crippen MR) is 538 cm³/mol. The molecule has 141 heavy (non-hydrogen) atoms. The Bertz CT molecular complexity index is 6870. The fourth-order valence-electron chi connectivity index (χ4n) is 16.8. The van der Waals surface area contributed by atoms with Crippen molar-refractivity contribution >= 4 is 150 Å². The molecule has 20 rings (SSSR count). The molecule has 7 N–H and O–H groups in total. The summed E-state index contributed by atoms with van der Waals surface area (Å²) in [4.78, 5) is 80.1. The van der Waals surface area contributed by atoms with Crippen molar-refractivity contribution in [3.05, 3.63) is 292 Å². The SMILES string of the molecule is CC(NC(=O)c1cc2cnccc2[nH]1)c1ccc(S(=O)(=O)N2CCCCC2)cc1.O=C(NCc1ccc(S(=O)(=O)N2CCCCC2)cc1)c1cc2ccncc2s1.O=C(NCc1ccc(S(=O)(=O)N2CCCCC2)cc1)c1cc2cnccc2s1.O=C(NCc1ccc(S(=O)(=O)N2CCCCC2)cc1)c1ccc2[nH]ncc2c1.O=C(NCc1ccc(S(=O)(=O)N2CCCCC2)cc1)c1ccn2nnnc2c1. The van der Waals surface area contributed by atoms with Gasteiger partial charge in [0.2, 0.25) is 50.1 Å². The lowest BCUT2D eigenvalue weighted by Gasteiger charge is -2.26. The van der Waals surface area contributed by atoms with Gasteiger partial charge in [0.25, 0.3) is 29.5 Å². The Balaban J connectivity index is 0.000000127. The summed E-state index contributed by atoms with van der Waals surface area (Å²) in [5.74, 6) is -0.959. The van der Waals surface area contributed by atoms with Crippen LogP contribution < -0.4 is 26.6 Å². The second-order valence-corrected chi connectivity index (χ2v) is 46.5. The molecule has 14 heterocycles. The molecule has 1 atom stereocenters. The van der Waals surface area contributed by atoms with Gasteiger partial charge >= 0.3 is 0 Å². The van der Waals surface area contributed by atoms with Crippen molar-refractivity contribution in [2.45, 2.75) is 160 Å². The Labute approximate surface area is 825 Å². The number of fused-ring (bicyclic) bond motifs is 5. The minimum absolute atomic E-state index is 0.147. The Hall–Kier alpha value is -12.9. The molecule has 9 aromatic heterocycles. The zero-order chi connectivity index (χ0) is 98.7. The van der Waals surface area contributed by atoms with Crippen LogP contribution in [0.15, 0.2) is 262 Å². The molecule has 6 aromatic carbocycles. The molecule has 1 unspecified atom stereocenters. The number of tetrazole rings is 1. The second-order valence-electron chi connectivity index (χ2n) is 34.7. The average Bonchev–Trinajstić information content (AvgIpc) is 1.81. The van der Waals surface area contributed by atoms with Crippen LogP contribution in [0, 0.1) is 0 Å². The van der Waals surface area contributed by atoms with E-state index in [1.54, 1.807) is 223 Å². The third-order valence-electron chi connectivity index (χ3n) is 24.9. The molecular weight excluding hydrogens is 1930 g/mol. The van der Waals surface area contributed by atoms with Crippen molar-refractivity contribution < 1.29 is 66.1 Å². The first-order chi connectivity index (χ1) is 68.1. The number of nitrogens with one attached hydrogen (secondary N) is 7. The average molecular weight is 2040 g/mol. The number of rotatable bonds is 25. The van der Waals surface area contributed by atoms with Gasteiger partial charge in [-0.1, -0.05) is 92.8 Å². The molecule has 5 amide bonds. The number of H-pyrrole nitrogens is 2. The summed E-state index contributed by atoms with van der Waals surface area (Å²) >= 11 is 2.83. The first-order valence-corrected chi connectivity index (χ1v) is 55.5. The minimum atomic E-state index is -3.45. The molecule has 736 valence electrons. The molecule has 5 aliphatic heterocycles. The number of amides is 5. The van der Waals surface area contributed by atoms with Crippen molar-refractivity contribution in [3.63, 3.8) is 0 Å². The van der Waals surface area contributed by atoms with Gasteiger partial charge in [0.15, 0.2) is 5.65 Å². The number of carbonyl (C=O) groups is 5. The van der Waals surface area contributed by atoms with Crippen LogP contribution in [-0.2, 0) is 76.3 Å². The zero-order valence-corrected chi connectivity index (χ0v) is 83.1. The number of carbonyl (C=O) groups excluding carboxylic acids is 5. The minimum Gasteiger partial charge on any atom is -0.350 e. The van der Waals surface area contributed by atoms with Gasteiger partial charge in [0.1, 0.15) is 5.69 Å². The van der Waals surface area contributed by atoms with Gasteiger partial charge in [-0.25, -0.2) is 46.6 Å². The van der Waals surface area contributed by atoms with Crippen molar-refractivity contribution in [1.29, 1.82) is 0 Å². The van der Waals surface area contributed by atoms with Crippen molar-refractivity contribution in [2.75, 3.05) is 65.4 Å². The topological polar surface area (TPSA) is 459 Å². The van der Waals surface area contributed by atoms with Gasteiger partial charge < -0.3 is 31.6 Å². The molecule has 15 aromatic rings. The number of aromatic nitrogens is 10. The van der Waals surface area contributed by atoms with Crippen LogP contribution in [0.25, 0.3) is 47.6 Å². The van der Waals surface area contributed by atoms with Gasteiger partial charge in [-0.15, -0.1) is 27.8 Å². The van der Waals surface area contributed by atoms with E-state index in [4.69, 9.17) is 0 Å². The summed E-state index contributed by atoms with van der Waals surface area (Å²) in [5.41, 5.74) is 7.89. The van der Waals surface area contributed by atoms with Crippen molar-refractivity contribution in [1.82, 2.24) is 98.3 Å². The number of thiophene rings is 2.